The Bertz CT molecular complexity index is 1860. The number of aromatic nitrogens is 1. The zero-order valence-electron chi connectivity index (χ0n) is 19.7. The monoisotopic (exact) mass is 520 g/mol. The molecule has 0 fully saturated rings. The molecule has 0 N–H and O–H groups in total. The summed E-state index contributed by atoms with van der Waals surface area (Å²) in [6, 6.07) is 29.9. The van der Waals surface area contributed by atoms with E-state index in [4.69, 9.17) is 21.0 Å². The third kappa shape index (κ3) is 3.82. The Labute approximate surface area is 222 Å². The van der Waals surface area contributed by atoms with Crippen molar-refractivity contribution >= 4 is 34.7 Å². The van der Waals surface area contributed by atoms with Crippen LogP contribution in [-0.4, -0.2) is 4.57 Å². The maximum Gasteiger partial charge on any atom is 0.271 e. The van der Waals surface area contributed by atoms with E-state index in [-0.39, 0.29) is 11.6 Å². The van der Waals surface area contributed by atoms with Gasteiger partial charge < -0.3 is 4.42 Å². The number of allylic oxidation sites excluding steroid dienone is 1. The molecule has 37 heavy (non-hydrogen) atoms. The van der Waals surface area contributed by atoms with Crippen LogP contribution in [0.4, 0.5) is 0 Å². The summed E-state index contributed by atoms with van der Waals surface area (Å²) in [5, 5.41) is 0.676. The molecule has 0 amide bonds. The fourth-order valence-electron chi connectivity index (χ4n) is 5.29. The first-order chi connectivity index (χ1) is 18.2. The third-order valence-electron chi connectivity index (χ3n) is 7.02. The molecule has 7 rings (SSSR count). The van der Waals surface area contributed by atoms with Gasteiger partial charge in [0.2, 0.25) is 0 Å². The molecule has 4 nitrogen and oxygen atoms in total. The fourth-order valence-corrected chi connectivity index (χ4v) is 6.39. The van der Waals surface area contributed by atoms with Crippen LogP contribution in [0, 0.1) is 0 Å². The van der Waals surface area contributed by atoms with Gasteiger partial charge in [-0.15, -0.1) is 0 Å². The normalized spacial score (nSPS) is 16.7. The molecule has 3 aromatic carbocycles. The topological polar surface area (TPSA) is 47.5 Å². The van der Waals surface area contributed by atoms with Gasteiger partial charge in [-0.2, -0.15) is 0 Å². The summed E-state index contributed by atoms with van der Waals surface area (Å²) in [5.41, 5.74) is 6.66. The smallest absolute Gasteiger partial charge is 0.271 e. The largest absolute Gasteiger partial charge is 0.457 e. The van der Waals surface area contributed by atoms with Crippen LogP contribution in [0.15, 0.2) is 111 Å². The summed E-state index contributed by atoms with van der Waals surface area (Å²) in [7, 11) is 0. The molecule has 1 aliphatic heterocycles. The van der Waals surface area contributed by atoms with E-state index < -0.39 is 0 Å². The maximum absolute atomic E-state index is 13.8. The molecule has 0 bridgehead atoms. The molecule has 0 spiro atoms. The molecule has 6 heteroatoms. The number of hydrogen-bond donors (Lipinski definition) is 0. The lowest BCUT2D eigenvalue weighted by atomic mass is 9.83. The molecule has 0 saturated heterocycles. The van der Waals surface area contributed by atoms with Crippen LogP contribution in [0.25, 0.3) is 23.1 Å². The van der Waals surface area contributed by atoms with Crippen molar-refractivity contribution < 1.29 is 4.42 Å². The average molecular weight is 521 g/mol. The van der Waals surface area contributed by atoms with Crippen molar-refractivity contribution in [3.05, 3.63) is 144 Å². The van der Waals surface area contributed by atoms with Crippen molar-refractivity contribution in [3.8, 4) is 11.3 Å². The van der Waals surface area contributed by atoms with E-state index in [2.05, 4.69) is 36.4 Å². The summed E-state index contributed by atoms with van der Waals surface area (Å²) >= 11 is 7.43. The van der Waals surface area contributed by atoms with Gasteiger partial charge in [-0.3, -0.25) is 9.36 Å². The minimum Gasteiger partial charge on any atom is -0.457 e. The van der Waals surface area contributed by atoms with Crippen molar-refractivity contribution in [2.24, 2.45) is 4.99 Å². The number of halogens is 1. The zero-order valence-corrected chi connectivity index (χ0v) is 21.3. The predicted molar refractivity (Wildman–Crippen MR) is 148 cm³/mol. The average Bonchev–Trinajstić information content (AvgIpc) is 3.53. The summed E-state index contributed by atoms with van der Waals surface area (Å²) in [4.78, 5) is 19.6. The van der Waals surface area contributed by atoms with E-state index in [0.717, 1.165) is 35.4 Å². The molecule has 0 radical (unpaired) electrons. The maximum atomic E-state index is 13.8. The molecule has 1 atom stereocenters. The Morgan fingerprint density at radius 3 is 2.54 bits per heavy atom. The summed E-state index contributed by atoms with van der Waals surface area (Å²) in [5.74, 6) is 1.35. The van der Waals surface area contributed by atoms with E-state index in [9.17, 15) is 4.79 Å². The number of fused-ring (bicyclic) bond motifs is 3. The van der Waals surface area contributed by atoms with Gasteiger partial charge in [0.15, 0.2) is 4.80 Å². The first-order valence-electron chi connectivity index (χ1n) is 12.2. The molecule has 0 unspecified atom stereocenters. The highest BCUT2D eigenvalue weighted by molar-refractivity contribution is 7.07. The van der Waals surface area contributed by atoms with Crippen LogP contribution < -0.4 is 14.9 Å². The zero-order chi connectivity index (χ0) is 24.9. The Morgan fingerprint density at radius 1 is 0.919 bits per heavy atom. The minimum atomic E-state index is -0.177. The predicted octanol–water partition coefficient (Wildman–Crippen LogP) is 6.23. The highest BCUT2D eigenvalue weighted by Gasteiger charge is 2.32. The van der Waals surface area contributed by atoms with Crippen LogP contribution in [0.1, 0.15) is 34.9 Å². The van der Waals surface area contributed by atoms with E-state index in [0.29, 0.717) is 20.1 Å². The van der Waals surface area contributed by atoms with E-state index in [1.807, 2.05) is 65.2 Å². The second-order valence-electron chi connectivity index (χ2n) is 9.23. The molecule has 2 aliphatic rings. The van der Waals surface area contributed by atoms with Gasteiger partial charge in [-0.05, 0) is 65.9 Å². The van der Waals surface area contributed by atoms with Gasteiger partial charge in [0.25, 0.3) is 5.56 Å². The van der Waals surface area contributed by atoms with E-state index in [1.165, 1.54) is 28.0 Å². The standard InChI is InChI=1S/C31H21ClN2O2S/c32-22-13-10-20(11-14-22)26-17-15-23(36-26)18-27-30(35)34-29(21-7-2-1-3-8-21)25-16-12-19-6-4-5-9-24(19)28(25)33-31(34)37-27/h1-11,13-15,17-18,29H,12,16H2/b27-18+/t29-/m0/s1. The van der Waals surface area contributed by atoms with Gasteiger partial charge >= 0.3 is 0 Å². The Hall–Kier alpha value is -3.93. The molecular weight excluding hydrogens is 500 g/mol. The Balaban J connectivity index is 1.39. The first kappa shape index (κ1) is 22.3. The highest BCUT2D eigenvalue weighted by atomic mass is 35.5. The molecule has 3 heterocycles. The quantitative estimate of drug-likeness (QED) is 0.283. The lowest BCUT2D eigenvalue weighted by Crippen LogP contribution is -2.38. The van der Waals surface area contributed by atoms with Crippen molar-refractivity contribution in [2.45, 2.75) is 18.9 Å². The number of thiazole rings is 1. The fraction of sp³-hybridized carbons (Fsp3) is 0.0968. The molecule has 1 aliphatic carbocycles. The molecule has 5 aromatic rings. The number of hydrogen-bond acceptors (Lipinski definition) is 4. The summed E-state index contributed by atoms with van der Waals surface area (Å²) in [6.45, 7) is 0. The van der Waals surface area contributed by atoms with Crippen molar-refractivity contribution in [1.29, 1.82) is 0 Å². The summed E-state index contributed by atoms with van der Waals surface area (Å²) in [6.07, 6.45) is 3.64. The number of benzene rings is 3. The Kier molecular flexibility index (Phi) is 5.34. The second kappa shape index (κ2) is 8.87. The third-order valence-corrected chi connectivity index (χ3v) is 8.25. The van der Waals surface area contributed by atoms with Crippen LogP contribution in [0.5, 0.6) is 0 Å². The molecule has 2 aromatic heterocycles. The molecule has 180 valence electrons. The van der Waals surface area contributed by atoms with Gasteiger partial charge in [-0.25, -0.2) is 4.99 Å². The van der Waals surface area contributed by atoms with Gasteiger partial charge in [-0.1, -0.05) is 77.5 Å². The first-order valence-corrected chi connectivity index (χ1v) is 13.4. The Morgan fingerprint density at radius 2 is 1.70 bits per heavy atom. The molecular formula is C31H21ClN2O2S. The lowest BCUT2D eigenvalue weighted by Gasteiger charge is -2.30. The van der Waals surface area contributed by atoms with Crippen molar-refractivity contribution in [2.75, 3.05) is 0 Å². The van der Waals surface area contributed by atoms with Gasteiger partial charge in [0.05, 0.1) is 16.3 Å². The number of aryl methyl sites for hydroxylation is 1. The van der Waals surface area contributed by atoms with Gasteiger partial charge in [0, 0.05) is 22.2 Å². The second-order valence-corrected chi connectivity index (χ2v) is 10.7. The van der Waals surface area contributed by atoms with E-state index in [1.54, 1.807) is 0 Å². The van der Waals surface area contributed by atoms with Gasteiger partial charge in [0.1, 0.15) is 11.5 Å². The minimum absolute atomic E-state index is 0.0487. The molecule has 0 saturated carbocycles. The van der Waals surface area contributed by atoms with Crippen molar-refractivity contribution in [3.63, 3.8) is 0 Å². The van der Waals surface area contributed by atoms with Crippen LogP contribution >= 0.6 is 22.9 Å². The lowest BCUT2D eigenvalue weighted by molar-refractivity contribution is 0.570. The van der Waals surface area contributed by atoms with Crippen LogP contribution in [0.2, 0.25) is 5.02 Å². The van der Waals surface area contributed by atoms with Crippen LogP contribution in [-0.2, 0) is 6.42 Å². The van der Waals surface area contributed by atoms with E-state index >= 15 is 0 Å². The number of rotatable bonds is 3. The van der Waals surface area contributed by atoms with Crippen LogP contribution in [0.3, 0.4) is 0 Å². The highest BCUT2D eigenvalue weighted by Crippen LogP contribution is 2.41. The SMILES string of the molecule is O=c1/c(=C\c2ccc(-c3ccc(Cl)cc3)o2)sc2n1[C@@H](c1ccccc1)C1=C(N=2)c2ccccc2CC1. The number of furan rings is 1. The number of nitrogens with zero attached hydrogens (tertiary/aromatic N) is 2. The van der Waals surface area contributed by atoms with Crippen molar-refractivity contribution in [1.82, 2.24) is 4.57 Å². The summed E-state index contributed by atoms with van der Waals surface area (Å²) < 4.78 is 8.54.